The number of carbonyl (C=O) groups excluding carboxylic acids is 1. The Morgan fingerprint density at radius 3 is 2.71 bits per heavy atom. The Bertz CT molecular complexity index is 349. The number of benzene rings is 1. The highest BCUT2D eigenvalue weighted by Gasteiger charge is 2.18. The summed E-state index contributed by atoms with van der Waals surface area (Å²) < 4.78 is 13.6. The molecule has 0 amide bonds. The predicted octanol–water partition coefficient (Wildman–Crippen LogP) is 3.26. The lowest BCUT2D eigenvalue weighted by atomic mass is 10.0. The van der Waals surface area contributed by atoms with Crippen LogP contribution >= 0.6 is 11.6 Å². The van der Waals surface area contributed by atoms with Crippen molar-refractivity contribution in [2.75, 3.05) is 0 Å². The average molecular weight is 215 g/mol. The van der Waals surface area contributed by atoms with Crippen LogP contribution in [0.2, 0.25) is 0 Å². The monoisotopic (exact) mass is 214 g/mol. The van der Waals surface area contributed by atoms with E-state index in [4.69, 9.17) is 11.6 Å². The van der Waals surface area contributed by atoms with E-state index in [1.165, 1.54) is 6.92 Å². The van der Waals surface area contributed by atoms with E-state index in [2.05, 4.69) is 0 Å². The van der Waals surface area contributed by atoms with Crippen molar-refractivity contribution in [3.05, 3.63) is 35.1 Å². The zero-order chi connectivity index (χ0) is 10.7. The minimum Gasteiger partial charge on any atom is -0.298 e. The molecule has 1 rings (SSSR count). The second-order valence-corrected chi connectivity index (χ2v) is 3.58. The fourth-order valence-corrected chi connectivity index (χ4v) is 1.46. The Morgan fingerprint density at radius 2 is 2.21 bits per heavy atom. The summed E-state index contributed by atoms with van der Waals surface area (Å²) in [4.78, 5) is 11.0. The van der Waals surface area contributed by atoms with Gasteiger partial charge in [0.1, 0.15) is 11.2 Å². The first-order valence-corrected chi connectivity index (χ1v) is 4.93. The predicted molar refractivity (Wildman–Crippen MR) is 55.1 cm³/mol. The Labute approximate surface area is 87.9 Å². The maximum Gasteiger partial charge on any atom is 0.152 e. The van der Waals surface area contributed by atoms with E-state index in [-0.39, 0.29) is 17.2 Å². The first-order chi connectivity index (χ1) is 6.57. The number of ketones is 1. The molecule has 1 aromatic rings. The second kappa shape index (κ2) is 4.56. The smallest absolute Gasteiger partial charge is 0.152 e. The van der Waals surface area contributed by atoms with Crippen molar-refractivity contribution in [3.8, 4) is 0 Å². The highest BCUT2D eigenvalue weighted by molar-refractivity contribution is 6.30. The molecule has 0 N–H and O–H groups in total. The summed E-state index contributed by atoms with van der Waals surface area (Å²) in [5.74, 6) is -0.594. The molecule has 0 aliphatic carbocycles. The van der Waals surface area contributed by atoms with E-state index >= 15 is 0 Å². The van der Waals surface area contributed by atoms with Gasteiger partial charge in [0.15, 0.2) is 5.78 Å². The molecule has 0 bridgehead atoms. The number of hydrogen-bond donors (Lipinski definition) is 0. The summed E-state index contributed by atoms with van der Waals surface area (Å²) in [7, 11) is 0. The molecule has 14 heavy (non-hydrogen) atoms. The van der Waals surface area contributed by atoms with Crippen molar-refractivity contribution in [1.29, 1.82) is 0 Å². The summed E-state index contributed by atoms with van der Waals surface area (Å²) in [6.45, 7) is 3.22. The van der Waals surface area contributed by atoms with Crippen LogP contribution in [0.5, 0.6) is 0 Å². The first kappa shape index (κ1) is 11.2. The summed E-state index contributed by atoms with van der Waals surface area (Å²) >= 11 is 5.79. The quantitative estimate of drug-likeness (QED) is 0.706. The number of aryl methyl sites for hydroxylation is 1. The lowest BCUT2D eigenvalue weighted by molar-refractivity contribution is -0.116. The van der Waals surface area contributed by atoms with Crippen molar-refractivity contribution < 1.29 is 9.18 Å². The molecule has 76 valence electrons. The van der Waals surface area contributed by atoms with Gasteiger partial charge in [-0.05, 0) is 18.9 Å². The minimum absolute atomic E-state index is 0.237. The Hall–Kier alpha value is -0.890. The summed E-state index contributed by atoms with van der Waals surface area (Å²) in [5, 5.41) is -0.874. The molecule has 1 aromatic carbocycles. The second-order valence-electron chi connectivity index (χ2n) is 3.15. The fourth-order valence-electron chi connectivity index (χ4n) is 1.29. The lowest BCUT2D eigenvalue weighted by Gasteiger charge is -2.09. The topological polar surface area (TPSA) is 17.1 Å². The SMILES string of the molecule is CCc1cccc(C(Cl)C(C)=O)c1F. The van der Waals surface area contributed by atoms with Crippen LogP contribution in [-0.4, -0.2) is 5.78 Å². The standard InChI is InChI=1S/C11H12ClFO/c1-3-8-5-4-6-9(11(8)13)10(12)7(2)14/h4-6,10H,3H2,1-2H3. The number of halogens is 2. The van der Waals surface area contributed by atoms with Crippen molar-refractivity contribution in [3.63, 3.8) is 0 Å². The molecule has 0 spiro atoms. The molecule has 0 fully saturated rings. The largest absolute Gasteiger partial charge is 0.298 e. The Kier molecular flexibility index (Phi) is 3.64. The van der Waals surface area contributed by atoms with E-state index < -0.39 is 5.38 Å². The molecule has 0 heterocycles. The Balaban J connectivity index is 3.15. The third kappa shape index (κ3) is 2.13. The van der Waals surface area contributed by atoms with Crippen LogP contribution in [0, 0.1) is 5.82 Å². The molecule has 1 nitrogen and oxygen atoms in total. The van der Waals surface area contributed by atoms with Gasteiger partial charge in [0, 0.05) is 5.56 Å². The van der Waals surface area contributed by atoms with Gasteiger partial charge in [-0.2, -0.15) is 0 Å². The number of carbonyl (C=O) groups is 1. The zero-order valence-electron chi connectivity index (χ0n) is 8.18. The molecular formula is C11H12ClFO. The van der Waals surface area contributed by atoms with Crippen LogP contribution in [0.4, 0.5) is 4.39 Å². The van der Waals surface area contributed by atoms with E-state index in [0.29, 0.717) is 12.0 Å². The van der Waals surface area contributed by atoms with Crippen LogP contribution in [0.25, 0.3) is 0 Å². The van der Waals surface area contributed by atoms with Crippen LogP contribution in [0.3, 0.4) is 0 Å². The van der Waals surface area contributed by atoms with Crippen molar-refractivity contribution in [1.82, 2.24) is 0 Å². The zero-order valence-corrected chi connectivity index (χ0v) is 8.94. The van der Waals surface area contributed by atoms with Crippen LogP contribution in [0.1, 0.15) is 30.4 Å². The van der Waals surface area contributed by atoms with Crippen molar-refractivity contribution in [2.24, 2.45) is 0 Å². The van der Waals surface area contributed by atoms with E-state index in [9.17, 15) is 9.18 Å². The molecule has 0 aliphatic heterocycles. The van der Waals surface area contributed by atoms with Crippen molar-refractivity contribution in [2.45, 2.75) is 25.6 Å². The number of Topliss-reactive ketones (excluding diaryl/α,β-unsaturated/α-hetero) is 1. The molecule has 1 atom stereocenters. The van der Waals surface area contributed by atoms with E-state index in [1.54, 1.807) is 18.2 Å². The summed E-state index contributed by atoms with van der Waals surface area (Å²) in [6, 6.07) is 4.96. The van der Waals surface area contributed by atoms with Gasteiger partial charge in [-0.25, -0.2) is 4.39 Å². The molecule has 0 aliphatic rings. The molecular weight excluding hydrogens is 203 g/mol. The fraction of sp³-hybridized carbons (Fsp3) is 0.364. The van der Waals surface area contributed by atoms with Gasteiger partial charge in [0.25, 0.3) is 0 Å². The lowest BCUT2D eigenvalue weighted by Crippen LogP contribution is -2.05. The van der Waals surface area contributed by atoms with Gasteiger partial charge >= 0.3 is 0 Å². The Morgan fingerprint density at radius 1 is 1.57 bits per heavy atom. The first-order valence-electron chi connectivity index (χ1n) is 4.49. The van der Waals surface area contributed by atoms with Gasteiger partial charge in [-0.3, -0.25) is 4.79 Å². The van der Waals surface area contributed by atoms with Crippen molar-refractivity contribution >= 4 is 17.4 Å². The molecule has 0 saturated heterocycles. The third-order valence-corrected chi connectivity index (χ3v) is 2.66. The average Bonchev–Trinajstić information content (AvgIpc) is 2.17. The molecule has 0 aromatic heterocycles. The van der Waals surface area contributed by atoms with Gasteiger partial charge < -0.3 is 0 Å². The number of rotatable bonds is 3. The number of hydrogen-bond acceptors (Lipinski definition) is 1. The minimum atomic E-state index is -0.874. The van der Waals surface area contributed by atoms with Gasteiger partial charge in [0.2, 0.25) is 0 Å². The molecule has 1 unspecified atom stereocenters. The van der Waals surface area contributed by atoms with E-state index in [0.717, 1.165) is 0 Å². The summed E-state index contributed by atoms with van der Waals surface area (Å²) in [5.41, 5.74) is 0.868. The maximum atomic E-state index is 13.6. The highest BCUT2D eigenvalue weighted by Crippen LogP contribution is 2.26. The molecule has 3 heteroatoms. The molecule has 0 saturated carbocycles. The van der Waals surface area contributed by atoms with Gasteiger partial charge in [-0.1, -0.05) is 25.1 Å². The van der Waals surface area contributed by atoms with Crippen LogP contribution in [-0.2, 0) is 11.2 Å². The third-order valence-electron chi connectivity index (χ3n) is 2.12. The van der Waals surface area contributed by atoms with Crippen LogP contribution in [0.15, 0.2) is 18.2 Å². The van der Waals surface area contributed by atoms with Gasteiger partial charge in [0.05, 0.1) is 0 Å². The van der Waals surface area contributed by atoms with Crippen LogP contribution < -0.4 is 0 Å². The molecule has 0 radical (unpaired) electrons. The van der Waals surface area contributed by atoms with Gasteiger partial charge in [-0.15, -0.1) is 11.6 Å². The maximum absolute atomic E-state index is 13.6. The normalized spacial score (nSPS) is 12.6. The van der Waals surface area contributed by atoms with E-state index in [1.807, 2.05) is 6.92 Å². The summed E-state index contributed by atoms with van der Waals surface area (Å²) in [6.07, 6.45) is 0.598. The number of alkyl halides is 1. The highest BCUT2D eigenvalue weighted by atomic mass is 35.5.